The quantitative estimate of drug-likeness (QED) is 0.842. The van der Waals surface area contributed by atoms with E-state index in [4.69, 9.17) is 0 Å². The Morgan fingerprint density at radius 1 is 1.10 bits per heavy atom. The maximum atomic E-state index is 12.9. The van der Waals surface area contributed by atoms with Crippen LogP contribution >= 0.6 is 0 Å². The lowest BCUT2D eigenvalue weighted by molar-refractivity contribution is -0.136. The highest BCUT2D eigenvalue weighted by Crippen LogP contribution is 2.35. The summed E-state index contributed by atoms with van der Waals surface area (Å²) in [5.41, 5.74) is 0.593. The van der Waals surface area contributed by atoms with Gasteiger partial charge in [0, 0.05) is 6.54 Å². The van der Waals surface area contributed by atoms with Gasteiger partial charge in [0.1, 0.15) is 0 Å². The number of anilines is 3. The van der Waals surface area contributed by atoms with E-state index in [2.05, 4.69) is 15.6 Å². The van der Waals surface area contributed by atoms with Crippen LogP contribution in [0, 0.1) is 0 Å². The van der Waals surface area contributed by atoms with Crippen molar-refractivity contribution in [2.75, 3.05) is 17.2 Å². The molecular formula is C15H16F3N3. The molecule has 0 saturated heterocycles. The molecule has 0 unspecified atom stereocenters. The summed E-state index contributed by atoms with van der Waals surface area (Å²) in [6.07, 6.45) is -0.315. The van der Waals surface area contributed by atoms with Crippen molar-refractivity contribution in [3.05, 3.63) is 48.3 Å². The number of rotatable bonds is 5. The van der Waals surface area contributed by atoms with Crippen molar-refractivity contribution in [2.24, 2.45) is 0 Å². The van der Waals surface area contributed by atoms with E-state index in [0.717, 1.165) is 24.7 Å². The Morgan fingerprint density at radius 3 is 2.52 bits per heavy atom. The van der Waals surface area contributed by atoms with E-state index < -0.39 is 11.7 Å². The van der Waals surface area contributed by atoms with Crippen molar-refractivity contribution in [2.45, 2.75) is 19.5 Å². The molecule has 0 aliphatic heterocycles. The van der Waals surface area contributed by atoms with Gasteiger partial charge in [-0.05, 0) is 24.6 Å². The predicted molar refractivity (Wildman–Crippen MR) is 77.7 cm³/mol. The second-order valence-corrected chi connectivity index (χ2v) is 4.56. The lowest BCUT2D eigenvalue weighted by atomic mass is 10.1. The van der Waals surface area contributed by atoms with Crippen molar-refractivity contribution in [3.8, 4) is 0 Å². The fraction of sp³-hybridized carbons (Fsp3) is 0.267. The van der Waals surface area contributed by atoms with Gasteiger partial charge >= 0.3 is 6.18 Å². The molecule has 2 aromatic rings. The van der Waals surface area contributed by atoms with E-state index in [1.165, 1.54) is 18.3 Å². The molecule has 0 atom stereocenters. The smallest absolute Gasteiger partial charge is 0.384 e. The lowest BCUT2D eigenvalue weighted by Crippen LogP contribution is -2.08. The summed E-state index contributed by atoms with van der Waals surface area (Å²) in [4.78, 5) is 4.02. The highest BCUT2D eigenvalue weighted by Gasteiger charge is 2.33. The first kappa shape index (κ1) is 15.2. The average Bonchev–Trinajstić information content (AvgIpc) is 2.45. The van der Waals surface area contributed by atoms with Gasteiger partial charge in [0.2, 0.25) is 0 Å². The maximum absolute atomic E-state index is 12.9. The summed E-state index contributed by atoms with van der Waals surface area (Å²) in [6.45, 7) is 2.81. The van der Waals surface area contributed by atoms with E-state index >= 15 is 0 Å². The van der Waals surface area contributed by atoms with E-state index in [9.17, 15) is 13.2 Å². The highest BCUT2D eigenvalue weighted by atomic mass is 19.4. The number of halogens is 3. The topological polar surface area (TPSA) is 37.0 Å². The van der Waals surface area contributed by atoms with Gasteiger partial charge in [-0.1, -0.05) is 19.1 Å². The summed E-state index contributed by atoms with van der Waals surface area (Å²) in [5.74, 6) is 0. The van der Waals surface area contributed by atoms with Crippen LogP contribution in [0.3, 0.4) is 0 Å². The van der Waals surface area contributed by atoms with E-state index in [1.807, 2.05) is 6.92 Å². The van der Waals surface area contributed by atoms with Crippen LogP contribution < -0.4 is 10.6 Å². The van der Waals surface area contributed by atoms with Crippen LogP contribution in [0.2, 0.25) is 0 Å². The van der Waals surface area contributed by atoms with E-state index in [-0.39, 0.29) is 5.69 Å². The van der Waals surface area contributed by atoms with Crippen molar-refractivity contribution in [1.29, 1.82) is 0 Å². The average molecular weight is 295 g/mol. The zero-order valence-corrected chi connectivity index (χ0v) is 11.5. The molecule has 0 aliphatic rings. The number of para-hydroxylation sites is 1. The number of pyridine rings is 1. The third kappa shape index (κ3) is 4.11. The summed E-state index contributed by atoms with van der Waals surface area (Å²) in [5, 5.41) is 5.91. The first-order chi connectivity index (χ1) is 10.0. The molecular weight excluding hydrogens is 279 g/mol. The molecule has 0 bridgehead atoms. The molecule has 1 heterocycles. The maximum Gasteiger partial charge on any atom is 0.418 e. The highest BCUT2D eigenvalue weighted by molar-refractivity contribution is 5.66. The number of benzene rings is 1. The Hall–Kier alpha value is -2.24. The molecule has 6 heteroatoms. The minimum Gasteiger partial charge on any atom is -0.384 e. The molecule has 1 aromatic heterocycles. The molecule has 0 aliphatic carbocycles. The van der Waals surface area contributed by atoms with Crippen LogP contribution in [0.4, 0.5) is 30.2 Å². The molecule has 0 saturated carbocycles. The number of hydrogen-bond donors (Lipinski definition) is 2. The van der Waals surface area contributed by atoms with Gasteiger partial charge in [-0.15, -0.1) is 0 Å². The van der Waals surface area contributed by atoms with Crippen molar-refractivity contribution in [1.82, 2.24) is 4.98 Å². The van der Waals surface area contributed by atoms with Gasteiger partial charge in [-0.3, -0.25) is 4.98 Å². The first-order valence-electron chi connectivity index (χ1n) is 6.63. The molecule has 0 fully saturated rings. The molecule has 2 rings (SSSR count). The van der Waals surface area contributed by atoms with Gasteiger partial charge in [-0.2, -0.15) is 13.2 Å². The minimum atomic E-state index is -4.39. The SMILES string of the molecule is CCCNc1cncc(Nc2ccccc2C(F)(F)F)c1. The Bertz CT molecular complexity index is 597. The van der Waals surface area contributed by atoms with Gasteiger partial charge in [0.05, 0.1) is 35.0 Å². The van der Waals surface area contributed by atoms with Crippen LogP contribution in [0.1, 0.15) is 18.9 Å². The fourth-order valence-corrected chi connectivity index (χ4v) is 1.87. The number of aromatic nitrogens is 1. The number of nitrogens with zero attached hydrogens (tertiary/aromatic N) is 1. The Balaban J connectivity index is 2.23. The molecule has 1 aromatic carbocycles. The monoisotopic (exact) mass is 295 g/mol. The van der Waals surface area contributed by atoms with E-state index in [1.54, 1.807) is 18.3 Å². The first-order valence-corrected chi connectivity index (χ1v) is 6.63. The molecule has 21 heavy (non-hydrogen) atoms. The summed E-state index contributed by atoms with van der Waals surface area (Å²) >= 11 is 0. The number of hydrogen-bond acceptors (Lipinski definition) is 3. The largest absolute Gasteiger partial charge is 0.418 e. The van der Waals surface area contributed by atoms with Crippen molar-refractivity contribution < 1.29 is 13.2 Å². The standard InChI is InChI=1S/C15H16F3N3/c1-2-7-20-11-8-12(10-19-9-11)21-14-6-4-3-5-13(14)15(16,17)18/h3-6,8-10,20-21H,2,7H2,1H3. The van der Waals surface area contributed by atoms with Gasteiger partial charge in [-0.25, -0.2) is 0 Å². The van der Waals surface area contributed by atoms with Gasteiger partial charge in [0.15, 0.2) is 0 Å². The normalized spacial score (nSPS) is 11.2. The third-order valence-corrected chi connectivity index (χ3v) is 2.83. The third-order valence-electron chi connectivity index (χ3n) is 2.83. The molecule has 0 amide bonds. The number of alkyl halides is 3. The zero-order valence-electron chi connectivity index (χ0n) is 11.5. The summed E-state index contributed by atoms with van der Waals surface area (Å²) < 4.78 is 38.8. The lowest BCUT2D eigenvalue weighted by Gasteiger charge is -2.14. The summed E-state index contributed by atoms with van der Waals surface area (Å²) in [7, 11) is 0. The molecule has 0 radical (unpaired) electrons. The molecule has 112 valence electrons. The van der Waals surface area contributed by atoms with Crippen LogP contribution in [-0.2, 0) is 6.18 Å². The molecule has 2 N–H and O–H groups in total. The van der Waals surface area contributed by atoms with Crippen LogP contribution in [0.25, 0.3) is 0 Å². The van der Waals surface area contributed by atoms with Crippen LogP contribution in [0.15, 0.2) is 42.7 Å². The fourth-order valence-electron chi connectivity index (χ4n) is 1.87. The summed E-state index contributed by atoms with van der Waals surface area (Å²) in [6, 6.07) is 7.11. The molecule has 3 nitrogen and oxygen atoms in total. The zero-order chi connectivity index (χ0) is 15.3. The minimum absolute atomic E-state index is 0.0134. The van der Waals surface area contributed by atoms with Gasteiger partial charge < -0.3 is 10.6 Å². The van der Waals surface area contributed by atoms with Crippen molar-refractivity contribution >= 4 is 17.1 Å². The molecule has 0 spiro atoms. The Morgan fingerprint density at radius 2 is 1.81 bits per heavy atom. The number of nitrogens with one attached hydrogen (secondary N) is 2. The van der Waals surface area contributed by atoms with Gasteiger partial charge in [0.25, 0.3) is 0 Å². The predicted octanol–water partition coefficient (Wildman–Crippen LogP) is 4.67. The Kier molecular flexibility index (Phi) is 4.67. The second-order valence-electron chi connectivity index (χ2n) is 4.56. The van der Waals surface area contributed by atoms with Crippen LogP contribution in [0.5, 0.6) is 0 Å². The van der Waals surface area contributed by atoms with Crippen molar-refractivity contribution in [3.63, 3.8) is 0 Å². The van der Waals surface area contributed by atoms with E-state index in [0.29, 0.717) is 5.69 Å². The van der Waals surface area contributed by atoms with Crippen LogP contribution in [-0.4, -0.2) is 11.5 Å². The second kappa shape index (κ2) is 6.47. The Labute approximate surface area is 121 Å².